The molecule has 202 valence electrons. The number of H-pyrrole nitrogens is 1. The third-order valence-electron chi connectivity index (χ3n) is 7.57. The number of aliphatic hydroxyl groups excluding tert-OH is 1. The predicted octanol–water partition coefficient (Wildman–Crippen LogP) is 3.96. The van der Waals surface area contributed by atoms with Crippen LogP contribution in [0, 0.1) is 0 Å². The number of hydrogen-bond donors (Lipinski definition) is 3. The number of pyridine rings is 1. The van der Waals surface area contributed by atoms with Crippen LogP contribution in [-0.4, -0.2) is 76.4 Å². The Kier molecular flexibility index (Phi) is 7.13. The molecule has 38 heavy (non-hydrogen) atoms. The summed E-state index contributed by atoms with van der Waals surface area (Å²) < 4.78 is 22.7. The lowest BCUT2D eigenvalue weighted by atomic mass is 9.82. The molecule has 0 radical (unpaired) electrons. The van der Waals surface area contributed by atoms with E-state index in [2.05, 4.69) is 27.4 Å². The van der Waals surface area contributed by atoms with Gasteiger partial charge in [-0.05, 0) is 50.2 Å². The fourth-order valence-electron chi connectivity index (χ4n) is 5.61. The maximum absolute atomic E-state index is 11.7. The molecule has 0 bridgehead atoms. The standard InChI is InChI=1S/C27H31ClN4O6/c1-2-29-27(34)37-17-9-7-15(8-10-17)14-3-5-16(6-4-14)22-18(28)11-19-25(31-22)32-26(30-19)38-21-13-36-23-20(33)12-35-24(21)23/h3-6,11,15,17,20-21,23-24,33H,2,7-10,12-13H2,1H3,(H,29,34)(H,30,31,32)/t15?,17?,20?,21-,23-,24-/m1/s1. The Morgan fingerprint density at radius 3 is 2.66 bits per heavy atom. The Bertz CT molecular complexity index is 1290. The number of ether oxygens (including phenoxy) is 4. The second-order valence-corrected chi connectivity index (χ2v) is 10.5. The first-order valence-corrected chi connectivity index (χ1v) is 13.5. The summed E-state index contributed by atoms with van der Waals surface area (Å²) in [7, 11) is 0. The van der Waals surface area contributed by atoms with Gasteiger partial charge >= 0.3 is 6.09 Å². The number of fused-ring (bicyclic) bond motifs is 2. The number of aromatic amines is 1. The number of nitrogens with one attached hydrogen (secondary N) is 2. The van der Waals surface area contributed by atoms with E-state index in [4.69, 9.17) is 35.5 Å². The normalized spacial score (nSPS) is 28.8. The summed E-state index contributed by atoms with van der Waals surface area (Å²) >= 11 is 6.61. The second kappa shape index (κ2) is 10.7. The third-order valence-corrected chi connectivity index (χ3v) is 7.86. The molecule has 2 aliphatic heterocycles. The van der Waals surface area contributed by atoms with E-state index < -0.39 is 6.10 Å². The number of benzene rings is 1. The highest BCUT2D eigenvalue weighted by Crippen LogP contribution is 2.36. The number of alkyl carbamates (subject to hydrolysis) is 1. The zero-order chi connectivity index (χ0) is 26.2. The number of hydrogen-bond acceptors (Lipinski definition) is 8. The SMILES string of the molecule is CCNC(=O)OC1CCC(c2ccc(-c3nc4nc(O[C@@H]5CO[C@@H]6C(O)CO[C@@H]65)[nH]c4cc3Cl)cc2)CC1. The largest absolute Gasteiger partial charge is 0.456 e. The van der Waals surface area contributed by atoms with Crippen molar-refractivity contribution in [3.05, 3.63) is 40.9 Å². The molecule has 3 aliphatic rings. The lowest BCUT2D eigenvalue weighted by Gasteiger charge is -2.28. The van der Waals surface area contributed by atoms with Crippen molar-refractivity contribution in [3.8, 4) is 17.3 Å². The van der Waals surface area contributed by atoms with Gasteiger partial charge in [0, 0.05) is 12.1 Å². The van der Waals surface area contributed by atoms with E-state index in [9.17, 15) is 9.90 Å². The number of halogens is 1. The molecule has 0 spiro atoms. The second-order valence-electron chi connectivity index (χ2n) is 10.1. The van der Waals surface area contributed by atoms with Gasteiger partial charge in [-0.15, -0.1) is 0 Å². The van der Waals surface area contributed by atoms with E-state index in [1.165, 1.54) is 5.56 Å². The number of amides is 1. The first-order valence-electron chi connectivity index (χ1n) is 13.2. The van der Waals surface area contributed by atoms with Gasteiger partial charge in [-0.1, -0.05) is 35.9 Å². The topological polar surface area (TPSA) is 128 Å². The summed E-state index contributed by atoms with van der Waals surface area (Å²) in [4.78, 5) is 24.0. The van der Waals surface area contributed by atoms with Crippen LogP contribution in [0.5, 0.6) is 6.01 Å². The van der Waals surface area contributed by atoms with Crippen molar-refractivity contribution in [2.45, 2.75) is 69.0 Å². The minimum atomic E-state index is -0.637. The molecule has 1 aliphatic carbocycles. The Hall–Kier alpha value is -2.92. The van der Waals surface area contributed by atoms with Crippen molar-refractivity contribution >= 4 is 28.9 Å². The summed E-state index contributed by atoms with van der Waals surface area (Å²) in [6.07, 6.45) is 1.61. The maximum atomic E-state index is 11.7. The van der Waals surface area contributed by atoms with E-state index in [0.29, 0.717) is 47.0 Å². The molecule has 1 aromatic carbocycles. The van der Waals surface area contributed by atoms with Gasteiger partial charge in [0.2, 0.25) is 0 Å². The van der Waals surface area contributed by atoms with Crippen molar-refractivity contribution in [2.75, 3.05) is 19.8 Å². The molecule has 1 unspecified atom stereocenters. The third kappa shape index (κ3) is 5.05. The number of imidazole rings is 1. The Labute approximate surface area is 225 Å². The summed E-state index contributed by atoms with van der Waals surface area (Å²) in [6, 6.07) is 10.4. The number of aromatic nitrogens is 3. The monoisotopic (exact) mass is 542 g/mol. The van der Waals surface area contributed by atoms with Crippen LogP contribution in [0.2, 0.25) is 5.02 Å². The number of carbonyl (C=O) groups is 1. The first kappa shape index (κ1) is 25.4. The Morgan fingerprint density at radius 1 is 1.13 bits per heavy atom. The summed E-state index contributed by atoms with van der Waals surface area (Å²) in [5.74, 6) is 0.430. The highest BCUT2D eigenvalue weighted by molar-refractivity contribution is 6.33. The van der Waals surface area contributed by atoms with Crippen LogP contribution >= 0.6 is 11.6 Å². The lowest BCUT2D eigenvalue weighted by Crippen LogP contribution is -2.34. The van der Waals surface area contributed by atoms with Crippen LogP contribution in [0.4, 0.5) is 4.79 Å². The quantitative estimate of drug-likeness (QED) is 0.427. The molecule has 2 saturated heterocycles. The van der Waals surface area contributed by atoms with Gasteiger partial charge in [-0.2, -0.15) is 4.98 Å². The molecule has 3 fully saturated rings. The zero-order valence-corrected chi connectivity index (χ0v) is 21.8. The van der Waals surface area contributed by atoms with Gasteiger partial charge in [0.25, 0.3) is 6.01 Å². The molecule has 3 N–H and O–H groups in total. The smallest absolute Gasteiger partial charge is 0.407 e. The van der Waals surface area contributed by atoms with Crippen molar-refractivity contribution < 1.29 is 28.8 Å². The van der Waals surface area contributed by atoms with Crippen LogP contribution in [0.3, 0.4) is 0 Å². The van der Waals surface area contributed by atoms with Crippen molar-refractivity contribution in [2.24, 2.45) is 0 Å². The summed E-state index contributed by atoms with van der Waals surface area (Å²) in [6.45, 7) is 3.00. The predicted molar refractivity (Wildman–Crippen MR) is 139 cm³/mol. The minimum Gasteiger partial charge on any atom is -0.456 e. The fourth-order valence-corrected chi connectivity index (χ4v) is 5.87. The van der Waals surface area contributed by atoms with Crippen LogP contribution in [0.15, 0.2) is 30.3 Å². The molecule has 4 heterocycles. The summed E-state index contributed by atoms with van der Waals surface area (Å²) in [5, 5.41) is 13.1. The molecule has 10 nitrogen and oxygen atoms in total. The van der Waals surface area contributed by atoms with E-state index in [0.717, 1.165) is 31.2 Å². The van der Waals surface area contributed by atoms with Gasteiger partial charge in [-0.3, -0.25) is 0 Å². The number of nitrogens with zero attached hydrogens (tertiary/aromatic N) is 2. The van der Waals surface area contributed by atoms with Gasteiger partial charge in [0.1, 0.15) is 24.4 Å². The van der Waals surface area contributed by atoms with Gasteiger partial charge < -0.3 is 34.4 Å². The zero-order valence-electron chi connectivity index (χ0n) is 21.1. The maximum Gasteiger partial charge on any atom is 0.407 e. The van der Waals surface area contributed by atoms with Gasteiger partial charge in [0.15, 0.2) is 11.8 Å². The number of carbonyl (C=O) groups excluding carboxylic acids is 1. The molecule has 2 aromatic heterocycles. The molecule has 11 heteroatoms. The average molecular weight is 543 g/mol. The molecular formula is C27H31ClN4O6. The van der Waals surface area contributed by atoms with Crippen molar-refractivity contribution in [3.63, 3.8) is 0 Å². The fraction of sp³-hybridized carbons (Fsp3) is 0.519. The first-order chi connectivity index (χ1) is 18.5. The molecule has 1 amide bonds. The highest BCUT2D eigenvalue weighted by Gasteiger charge is 2.48. The summed E-state index contributed by atoms with van der Waals surface area (Å²) in [5.41, 5.74) is 3.97. The van der Waals surface area contributed by atoms with Crippen LogP contribution in [-0.2, 0) is 14.2 Å². The van der Waals surface area contributed by atoms with Crippen LogP contribution in [0.25, 0.3) is 22.4 Å². The van der Waals surface area contributed by atoms with E-state index >= 15 is 0 Å². The lowest BCUT2D eigenvalue weighted by molar-refractivity contribution is 0.00706. The molecular weight excluding hydrogens is 512 g/mol. The molecule has 3 aromatic rings. The molecule has 4 atom stereocenters. The number of rotatable bonds is 6. The Balaban J connectivity index is 1.12. The average Bonchev–Trinajstić information content (AvgIpc) is 3.61. The van der Waals surface area contributed by atoms with Crippen molar-refractivity contribution in [1.29, 1.82) is 0 Å². The highest BCUT2D eigenvalue weighted by atomic mass is 35.5. The van der Waals surface area contributed by atoms with E-state index in [1.54, 1.807) is 6.07 Å². The minimum absolute atomic E-state index is 0.0190. The number of aliphatic hydroxyl groups is 1. The molecule has 6 rings (SSSR count). The van der Waals surface area contributed by atoms with Gasteiger partial charge in [0.05, 0.1) is 29.4 Å². The Morgan fingerprint density at radius 2 is 1.89 bits per heavy atom. The van der Waals surface area contributed by atoms with Gasteiger partial charge in [-0.25, -0.2) is 9.78 Å². The van der Waals surface area contributed by atoms with Crippen molar-refractivity contribution in [1.82, 2.24) is 20.3 Å². The van der Waals surface area contributed by atoms with E-state index in [1.807, 2.05) is 19.1 Å². The molecule has 1 saturated carbocycles. The van der Waals surface area contributed by atoms with Crippen LogP contribution in [0.1, 0.15) is 44.1 Å². The van der Waals surface area contributed by atoms with E-state index in [-0.39, 0.29) is 37.1 Å². The van der Waals surface area contributed by atoms with Crippen LogP contribution < -0.4 is 10.1 Å².